The van der Waals surface area contributed by atoms with Crippen molar-refractivity contribution in [3.63, 3.8) is 0 Å². The minimum absolute atomic E-state index is 0.160. The van der Waals surface area contributed by atoms with E-state index in [-0.39, 0.29) is 5.91 Å². The normalized spacial score (nSPS) is 16.2. The van der Waals surface area contributed by atoms with Gasteiger partial charge in [0.1, 0.15) is 18.4 Å². The van der Waals surface area contributed by atoms with Gasteiger partial charge >= 0.3 is 0 Å². The summed E-state index contributed by atoms with van der Waals surface area (Å²) in [5.74, 6) is 0.147. The molecule has 0 spiro atoms. The molecule has 6 heteroatoms. The Kier molecular flexibility index (Phi) is 7.94. The second-order valence-electron chi connectivity index (χ2n) is 8.50. The molecule has 1 atom stereocenters. The van der Waals surface area contributed by atoms with Gasteiger partial charge in [-0.15, -0.1) is 0 Å². The van der Waals surface area contributed by atoms with Crippen molar-refractivity contribution in [2.45, 2.75) is 25.6 Å². The lowest BCUT2D eigenvalue weighted by atomic mass is 10.1. The Morgan fingerprint density at radius 2 is 1.50 bits per heavy atom. The molecule has 6 nitrogen and oxygen atoms in total. The quantitative estimate of drug-likeness (QED) is 0.537. The zero-order valence-electron chi connectivity index (χ0n) is 19.2. The molecule has 1 saturated heterocycles. The third-order valence-corrected chi connectivity index (χ3v) is 6.01. The molecule has 34 heavy (non-hydrogen) atoms. The summed E-state index contributed by atoms with van der Waals surface area (Å²) in [5.41, 5.74) is 8.94. The smallest absolute Gasteiger partial charge is 0.241 e. The third kappa shape index (κ3) is 6.45. The maximum atomic E-state index is 12.9. The first-order chi connectivity index (χ1) is 16.6. The molecule has 1 fully saturated rings. The Hall–Kier alpha value is -3.64. The van der Waals surface area contributed by atoms with E-state index in [2.05, 4.69) is 17.0 Å². The van der Waals surface area contributed by atoms with Crippen LogP contribution in [0.4, 0.5) is 0 Å². The lowest BCUT2D eigenvalue weighted by Gasteiger charge is -2.40. The van der Waals surface area contributed by atoms with Crippen LogP contribution in [0.3, 0.4) is 0 Å². The van der Waals surface area contributed by atoms with E-state index in [9.17, 15) is 9.59 Å². The van der Waals surface area contributed by atoms with Gasteiger partial charge in [0.15, 0.2) is 0 Å². The summed E-state index contributed by atoms with van der Waals surface area (Å²) >= 11 is 0. The number of carbonyl (C=O) groups is 2. The maximum absolute atomic E-state index is 12.9. The number of primary amides is 1. The highest BCUT2D eigenvalue weighted by Gasteiger charge is 2.33. The van der Waals surface area contributed by atoms with E-state index in [1.807, 2.05) is 72.8 Å². The largest absolute Gasteiger partial charge is 0.489 e. The topological polar surface area (TPSA) is 75.9 Å². The van der Waals surface area contributed by atoms with Gasteiger partial charge in [-0.2, -0.15) is 0 Å². The van der Waals surface area contributed by atoms with Crippen LogP contribution in [0, 0.1) is 6.42 Å². The molecule has 0 aliphatic carbocycles. The number of carbonyl (C=O) groups excluding carboxylic acids is 2. The van der Waals surface area contributed by atoms with Gasteiger partial charge in [0.2, 0.25) is 11.8 Å². The van der Waals surface area contributed by atoms with E-state index in [0.29, 0.717) is 32.7 Å². The van der Waals surface area contributed by atoms with Crippen molar-refractivity contribution < 1.29 is 14.3 Å². The minimum Gasteiger partial charge on any atom is -0.489 e. The van der Waals surface area contributed by atoms with Crippen LogP contribution in [0.2, 0.25) is 0 Å². The molecular formula is C28H30N3O3. The zero-order valence-corrected chi connectivity index (χ0v) is 19.2. The summed E-state index contributed by atoms with van der Waals surface area (Å²) in [6.07, 6.45) is 2.11. The summed E-state index contributed by atoms with van der Waals surface area (Å²) in [4.78, 5) is 28.8. The molecule has 1 radical (unpaired) electrons. The molecule has 2 N–H and O–H groups in total. The van der Waals surface area contributed by atoms with Crippen LogP contribution < -0.4 is 10.5 Å². The van der Waals surface area contributed by atoms with Crippen molar-refractivity contribution in [1.29, 1.82) is 0 Å². The number of amides is 2. The summed E-state index contributed by atoms with van der Waals surface area (Å²) in [7, 11) is 0. The molecule has 175 valence electrons. The first-order valence-corrected chi connectivity index (χ1v) is 11.5. The van der Waals surface area contributed by atoms with Crippen molar-refractivity contribution in [2.24, 2.45) is 5.73 Å². The predicted octanol–water partition coefficient (Wildman–Crippen LogP) is 3.21. The molecule has 0 bridgehead atoms. The van der Waals surface area contributed by atoms with Crippen LogP contribution in [0.15, 0.2) is 84.9 Å². The molecule has 1 heterocycles. The minimum atomic E-state index is -0.630. The number of piperazine rings is 1. The molecule has 3 aromatic carbocycles. The fourth-order valence-electron chi connectivity index (χ4n) is 4.12. The Morgan fingerprint density at radius 1 is 0.853 bits per heavy atom. The SMILES string of the molecule is NC(=O)C1CN(Cc2ccccc2)CCN1C(=O)[CH]Cc1ccc(OCc2ccccc2)cc1. The molecule has 0 aromatic heterocycles. The Bertz CT molecular complexity index is 1070. The van der Waals surface area contributed by atoms with E-state index in [4.69, 9.17) is 10.5 Å². The summed E-state index contributed by atoms with van der Waals surface area (Å²) in [5, 5.41) is 0. The van der Waals surface area contributed by atoms with Gasteiger partial charge in [0.05, 0.1) is 6.42 Å². The molecule has 3 aromatic rings. The van der Waals surface area contributed by atoms with Crippen molar-refractivity contribution in [3.05, 3.63) is 108 Å². The standard InChI is InChI=1S/C28H30N3O3/c29-28(33)26-20-30(19-23-7-3-1-4-8-23)17-18-31(26)27(32)16-13-22-11-14-25(15-12-22)34-21-24-9-5-2-6-10-24/h1-12,14-16,26H,13,17-21H2,(H2,29,33). The highest BCUT2D eigenvalue weighted by atomic mass is 16.5. The highest BCUT2D eigenvalue weighted by molar-refractivity contribution is 5.91. The van der Waals surface area contributed by atoms with Crippen LogP contribution in [-0.2, 0) is 29.2 Å². The van der Waals surface area contributed by atoms with Gasteiger partial charge < -0.3 is 15.4 Å². The van der Waals surface area contributed by atoms with Gasteiger partial charge in [0, 0.05) is 26.2 Å². The number of rotatable bonds is 9. The number of ether oxygens (including phenoxy) is 1. The average Bonchev–Trinajstić information content (AvgIpc) is 2.88. The highest BCUT2D eigenvalue weighted by Crippen LogP contribution is 2.18. The monoisotopic (exact) mass is 456 g/mol. The Labute approximate surface area is 200 Å². The second-order valence-corrected chi connectivity index (χ2v) is 8.50. The lowest BCUT2D eigenvalue weighted by molar-refractivity contribution is -0.140. The molecule has 0 saturated carbocycles. The van der Waals surface area contributed by atoms with Gasteiger partial charge in [0.25, 0.3) is 0 Å². The first kappa shape index (κ1) is 23.5. The second kappa shape index (κ2) is 11.5. The van der Waals surface area contributed by atoms with Gasteiger partial charge in [-0.05, 0) is 35.2 Å². The maximum Gasteiger partial charge on any atom is 0.241 e. The number of nitrogens with two attached hydrogens (primary N) is 1. The van der Waals surface area contributed by atoms with Crippen molar-refractivity contribution in [3.8, 4) is 5.75 Å². The molecule has 2 amide bonds. The van der Waals surface area contributed by atoms with E-state index < -0.39 is 11.9 Å². The third-order valence-electron chi connectivity index (χ3n) is 6.01. The Balaban J connectivity index is 1.27. The van der Waals surface area contributed by atoms with Gasteiger partial charge in [-0.25, -0.2) is 0 Å². The van der Waals surface area contributed by atoms with E-state index >= 15 is 0 Å². The fourth-order valence-corrected chi connectivity index (χ4v) is 4.12. The zero-order chi connectivity index (χ0) is 23.8. The van der Waals surface area contributed by atoms with Gasteiger partial charge in [-0.3, -0.25) is 14.5 Å². The number of hydrogen-bond donors (Lipinski definition) is 1. The molecule has 1 aliphatic rings. The van der Waals surface area contributed by atoms with Crippen molar-refractivity contribution in [2.75, 3.05) is 19.6 Å². The molecule has 1 aliphatic heterocycles. The van der Waals surface area contributed by atoms with Crippen LogP contribution in [0.5, 0.6) is 5.75 Å². The van der Waals surface area contributed by atoms with E-state index in [1.165, 1.54) is 5.56 Å². The molecule has 4 rings (SSSR count). The number of benzene rings is 3. The van der Waals surface area contributed by atoms with E-state index in [1.54, 1.807) is 11.3 Å². The summed E-state index contributed by atoms with van der Waals surface area (Å²) in [6.45, 7) is 2.86. The van der Waals surface area contributed by atoms with Crippen LogP contribution >= 0.6 is 0 Å². The summed E-state index contributed by atoms with van der Waals surface area (Å²) < 4.78 is 5.82. The molecular weight excluding hydrogens is 426 g/mol. The average molecular weight is 457 g/mol. The van der Waals surface area contributed by atoms with Crippen LogP contribution in [0.1, 0.15) is 16.7 Å². The number of nitrogens with zero attached hydrogens (tertiary/aromatic N) is 2. The number of hydrogen-bond acceptors (Lipinski definition) is 4. The predicted molar refractivity (Wildman–Crippen MR) is 132 cm³/mol. The van der Waals surface area contributed by atoms with Crippen molar-refractivity contribution in [1.82, 2.24) is 9.80 Å². The first-order valence-electron chi connectivity index (χ1n) is 11.5. The van der Waals surface area contributed by atoms with Crippen LogP contribution in [0.25, 0.3) is 0 Å². The Morgan fingerprint density at radius 3 is 2.15 bits per heavy atom. The molecule has 1 unspecified atom stereocenters. The fraction of sp³-hybridized carbons (Fsp3) is 0.250. The van der Waals surface area contributed by atoms with Crippen LogP contribution in [-0.4, -0.2) is 47.3 Å². The summed E-state index contributed by atoms with van der Waals surface area (Å²) in [6, 6.07) is 27.2. The van der Waals surface area contributed by atoms with E-state index in [0.717, 1.165) is 23.4 Å². The van der Waals surface area contributed by atoms with Crippen molar-refractivity contribution >= 4 is 11.8 Å². The lowest BCUT2D eigenvalue weighted by Crippen LogP contribution is -2.59. The van der Waals surface area contributed by atoms with Gasteiger partial charge in [-0.1, -0.05) is 72.8 Å².